The lowest BCUT2D eigenvalue weighted by Crippen LogP contribution is -2.39. The molecular weight excluding hydrogens is 1550 g/mol. The average molecular weight is 1700 g/mol. The predicted molar refractivity (Wildman–Crippen MR) is 540 cm³/mol. The molecule has 0 radical (unpaired) electrons. The number of phenols is 5. The van der Waals surface area contributed by atoms with Crippen LogP contribution in [0.5, 0.6) is 28.7 Å². The maximum absolute atomic E-state index is 11.0. The lowest BCUT2D eigenvalue weighted by Gasteiger charge is -2.35. The SMILES string of the molecule is Cc1cc(C)c(O)c(Pc2c(C)cccc2N(C(C)C)C(C)C)c1.Cc1cc(Pc2c(C)cccc2N(C(C)C)C(C)C)c(O)c(C(C)(C)C)c1.Cc1ccc(O)c(Pc2c(C)cccc2N(C(C)C)C(C)C)c1.Cc1cccc(N(C(C)C)C(C)C)c1Pc1ccccc1O.Cc1cccc(Pc2c(C)cccc2N(C(C)C)C(C)C)c1O. The number of para-hydroxylation sites is 2. The van der Waals surface area contributed by atoms with Crippen LogP contribution < -0.4 is 77.5 Å². The summed E-state index contributed by atoms with van der Waals surface area (Å²) in [4.78, 5) is 12.3. The molecule has 0 amide bonds. The average Bonchev–Trinajstić information content (AvgIpc) is 0.802. The maximum atomic E-state index is 11.0. The summed E-state index contributed by atoms with van der Waals surface area (Å²) in [5.74, 6) is 2.11. The molecule has 0 aromatic heterocycles. The van der Waals surface area contributed by atoms with Crippen LogP contribution in [0, 0.1) is 69.2 Å². The summed E-state index contributed by atoms with van der Waals surface area (Å²) in [6.07, 6.45) is 0. The normalized spacial score (nSPS) is 12.0. The van der Waals surface area contributed by atoms with E-state index < -0.39 is 0 Å². The van der Waals surface area contributed by atoms with Crippen LogP contribution in [0.4, 0.5) is 28.4 Å². The minimum Gasteiger partial charge on any atom is -0.507 e. The topological polar surface area (TPSA) is 117 Å². The van der Waals surface area contributed by atoms with E-state index in [1.807, 2.05) is 62.4 Å². The molecule has 10 aromatic carbocycles. The molecule has 10 aromatic rings. The lowest BCUT2D eigenvalue weighted by molar-refractivity contribution is 0.450. The minimum atomic E-state index is -0.0776. The molecular formula is C104H148N5O5P5. The number of anilines is 5. The van der Waals surface area contributed by atoms with E-state index in [1.54, 1.807) is 12.1 Å². The molecule has 0 heterocycles. The lowest BCUT2D eigenvalue weighted by atomic mass is 9.85. The van der Waals surface area contributed by atoms with Gasteiger partial charge >= 0.3 is 0 Å². The highest BCUT2D eigenvalue weighted by Gasteiger charge is 2.28. The Morgan fingerprint density at radius 1 is 0.227 bits per heavy atom. The third-order valence-corrected chi connectivity index (χ3v) is 29.1. The third kappa shape index (κ3) is 27.2. The number of aromatic hydroxyl groups is 5. The van der Waals surface area contributed by atoms with Crippen molar-refractivity contribution in [3.05, 3.63) is 237 Å². The van der Waals surface area contributed by atoms with Gasteiger partial charge in [0.15, 0.2) is 0 Å². The predicted octanol–water partition coefficient (Wildman–Crippen LogP) is 22.6. The second-order valence-electron chi connectivity index (χ2n) is 35.9. The highest BCUT2D eigenvalue weighted by Crippen LogP contribution is 2.38. The first-order valence-corrected chi connectivity index (χ1v) is 48.0. The highest BCUT2D eigenvalue weighted by atomic mass is 31.1. The molecule has 10 nitrogen and oxygen atoms in total. The van der Waals surface area contributed by atoms with Crippen LogP contribution >= 0.6 is 42.9 Å². The standard InChI is InChI=1S/C24H36NOP.C21H30NOP.2C20H28NOP.C19H26NOP/c1-15(2)25(16(3)4)20-12-10-11-18(6)23(20)27-21-14-17(5)13-19(22(21)26)24(7,8)9;1-13(2)22(14(3)4)18-10-8-9-16(6)21(18)24-19-12-15(5)11-17(7)20(19)23;1-13(2)21(14(3)4)17-11-7-10-16(6)20(17)23-18-12-8-9-15(5)19(18)22;1-13(2)21(14(3)4)17-9-7-8-16(6)20(17)23-19-12-15(5)10-11-18(19)22;1-13(2)20(14(3)4)16-10-8-9-15(5)19(16)22-18-12-7-6-11-17(18)21/h10-16,26-27H,1-9H3;8-14,23-24H,1-7H3;2*7-14,22-23H,1-6H3;6-14,21-22H,1-5H3. The molecule has 0 aliphatic heterocycles. The molecule has 0 aliphatic carbocycles. The zero-order valence-electron chi connectivity index (χ0n) is 78.5. The first-order valence-electron chi connectivity index (χ1n) is 43.0. The molecule has 0 bridgehead atoms. The van der Waals surface area contributed by atoms with Gasteiger partial charge in [-0.15, -0.1) is 0 Å². The molecule has 0 aliphatic rings. The van der Waals surface area contributed by atoms with Crippen molar-refractivity contribution in [3.63, 3.8) is 0 Å². The third-order valence-electron chi connectivity index (χ3n) is 21.3. The summed E-state index contributed by atoms with van der Waals surface area (Å²) in [5, 5.41) is 64.1. The molecule has 0 spiro atoms. The van der Waals surface area contributed by atoms with Gasteiger partial charge in [-0.05, 0) is 324 Å². The van der Waals surface area contributed by atoms with Gasteiger partial charge in [0.25, 0.3) is 0 Å². The minimum absolute atomic E-state index is 0.0776. The van der Waals surface area contributed by atoms with Gasteiger partial charge in [0.1, 0.15) is 28.7 Å². The smallest absolute Gasteiger partial charge is 0.127 e. The first kappa shape index (κ1) is 100. The van der Waals surface area contributed by atoms with Gasteiger partial charge in [-0.25, -0.2) is 0 Å². The Kier molecular flexibility index (Phi) is 38.3. The number of nitrogens with zero attached hydrogens (tertiary/aromatic N) is 5. The molecule has 5 unspecified atom stereocenters. The van der Waals surface area contributed by atoms with Gasteiger partial charge in [0.05, 0.1) is 0 Å². The molecule has 5 N–H and O–H groups in total. The van der Waals surface area contributed by atoms with Gasteiger partial charge in [0, 0.05) is 147 Å². The number of hydrogen-bond acceptors (Lipinski definition) is 10. The summed E-state index contributed by atoms with van der Waals surface area (Å²) in [7, 11) is 2.26. The summed E-state index contributed by atoms with van der Waals surface area (Å²) >= 11 is 0. The second kappa shape index (κ2) is 45.5. The van der Waals surface area contributed by atoms with Crippen molar-refractivity contribution >= 4 is 124 Å². The Labute approximate surface area is 729 Å². The van der Waals surface area contributed by atoms with E-state index in [0.717, 1.165) is 43.2 Å². The van der Waals surface area contributed by atoms with Gasteiger partial charge in [-0.1, -0.05) is 184 Å². The van der Waals surface area contributed by atoms with Crippen molar-refractivity contribution in [2.45, 2.75) is 294 Å². The zero-order chi connectivity index (χ0) is 89.1. The zero-order valence-corrected chi connectivity index (χ0v) is 83.5. The summed E-state index contributed by atoms with van der Waals surface area (Å²) in [6.45, 7) is 72.3. The molecule has 10 rings (SSSR count). The van der Waals surface area contributed by atoms with E-state index >= 15 is 0 Å². The Morgan fingerprint density at radius 2 is 0.479 bits per heavy atom. The summed E-state index contributed by atoms with van der Waals surface area (Å²) in [6, 6.07) is 64.9. The molecule has 0 fully saturated rings. The fourth-order valence-corrected chi connectivity index (χ4v) is 23.2. The van der Waals surface area contributed by atoms with Gasteiger partial charge in [0.2, 0.25) is 0 Å². The molecule has 0 saturated heterocycles. The van der Waals surface area contributed by atoms with Crippen LogP contribution in [0.1, 0.15) is 220 Å². The number of aryl methyl sites for hydroxylation is 10. The van der Waals surface area contributed by atoms with E-state index in [-0.39, 0.29) is 5.41 Å². The molecule has 0 saturated carbocycles. The van der Waals surface area contributed by atoms with Gasteiger partial charge in [-0.2, -0.15) is 0 Å². The van der Waals surface area contributed by atoms with E-state index in [1.165, 1.54) is 99.5 Å². The molecule has 5 atom stereocenters. The Bertz CT molecular complexity index is 4830. The van der Waals surface area contributed by atoms with Crippen molar-refractivity contribution in [2.24, 2.45) is 0 Å². The number of rotatable bonds is 25. The summed E-state index contributed by atoms with van der Waals surface area (Å²) in [5.41, 5.74) is 19.3. The van der Waals surface area contributed by atoms with Crippen LogP contribution in [0.3, 0.4) is 0 Å². The maximum Gasteiger partial charge on any atom is 0.127 e. The van der Waals surface area contributed by atoms with Gasteiger partial charge in [-0.3, -0.25) is 0 Å². The quantitative estimate of drug-likeness (QED) is 0.0354. The molecule has 119 heavy (non-hydrogen) atoms. The van der Waals surface area contributed by atoms with Crippen molar-refractivity contribution in [2.75, 3.05) is 24.5 Å². The van der Waals surface area contributed by atoms with E-state index in [4.69, 9.17) is 0 Å². The highest BCUT2D eigenvalue weighted by molar-refractivity contribution is 7.57. The monoisotopic (exact) mass is 1700 g/mol. The van der Waals surface area contributed by atoms with Crippen molar-refractivity contribution < 1.29 is 25.5 Å². The van der Waals surface area contributed by atoms with Gasteiger partial charge < -0.3 is 50.0 Å². The van der Waals surface area contributed by atoms with E-state index in [9.17, 15) is 25.5 Å². The Morgan fingerprint density at radius 3 is 0.807 bits per heavy atom. The largest absolute Gasteiger partial charge is 0.507 e. The van der Waals surface area contributed by atoms with Crippen LogP contribution in [0.15, 0.2) is 176 Å². The summed E-state index contributed by atoms with van der Waals surface area (Å²) < 4.78 is 0. The van der Waals surface area contributed by atoms with Crippen LogP contribution in [-0.2, 0) is 5.41 Å². The van der Waals surface area contributed by atoms with Crippen LogP contribution in [0.25, 0.3) is 0 Å². The van der Waals surface area contributed by atoms with Crippen LogP contribution in [0.2, 0.25) is 0 Å². The fraction of sp³-hybridized carbons (Fsp3) is 0.423. The molecule has 644 valence electrons. The van der Waals surface area contributed by atoms with Crippen LogP contribution in [-0.4, -0.2) is 86.0 Å². The number of hydrogen-bond donors (Lipinski definition) is 5. The van der Waals surface area contributed by atoms with Crippen molar-refractivity contribution in [3.8, 4) is 28.7 Å². The number of benzene rings is 10. The Balaban J connectivity index is 0.000000231. The molecule has 15 heteroatoms. The first-order chi connectivity index (χ1) is 55.7. The van der Waals surface area contributed by atoms with E-state index in [2.05, 4.69) is 354 Å². The number of phenolic OH excluding ortho intramolecular Hbond substituents is 5. The Hall–Kier alpha value is -7.65. The van der Waals surface area contributed by atoms with E-state index in [0.29, 0.717) is 132 Å². The van der Waals surface area contributed by atoms with Crippen molar-refractivity contribution in [1.29, 1.82) is 0 Å². The fourth-order valence-electron chi connectivity index (χ4n) is 16.2. The van der Waals surface area contributed by atoms with Crippen molar-refractivity contribution in [1.82, 2.24) is 0 Å². The second-order valence-corrected chi connectivity index (χ2v) is 42.3.